The highest BCUT2D eigenvalue weighted by Gasteiger charge is 2.23. The van der Waals surface area contributed by atoms with Gasteiger partial charge in [0.25, 0.3) is 0 Å². The van der Waals surface area contributed by atoms with Gasteiger partial charge in [0, 0.05) is 12.6 Å². The fourth-order valence-corrected chi connectivity index (χ4v) is 2.66. The Hall–Kier alpha value is -1.49. The van der Waals surface area contributed by atoms with Gasteiger partial charge in [0.1, 0.15) is 5.82 Å². The second-order valence-electron chi connectivity index (χ2n) is 4.85. The summed E-state index contributed by atoms with van der Waals surface area (Å²) in [5.41, 5.74) is 6.40. The van der Waals surface area contributed by atoms with Gasteiger partial charge in [-0.05, 0) is 31.9 Å². The number of ether oxygens (including phenoxy) is 1. The summed E-state index contributed by atoms with van der Waals surface area (Å²) in [5.74, 6) is 1.33. The van der Waals surface area contributed by atoms with Crippen LogP contribution in [-0.2, 0) is 0 Å². The number of nitrogen functional groups attached to an aromatic ring is 1. The van der Waals surface area contributed by atoms with Crippen molar-refractivity contribution in [1.82, 2.24) is 4.98 Å². The first-order chi connectivity index (χ1) is 9.26. The average Bonchev–Trinajstić information content (AvgIpc) is 2.93. The van der Waals surface area contributed by atoms with Gasteiger partial charge in [0.15, 0.2) is 0 Å². The van der Waals surface area contributed by atoms with Crippen molar-refractivity contribution in [2.75, 3.05) is 30.4 Å². The molecule has 5 nitrogen and oxygen atoms in total. The average molecular weight is 265 g/mol. The van der Waals surface area contributed by atoms with Crippen LogP contribution < -0.4 is 15.4 Å². The molecule has 1 heterocycles. The number of hydrogen-bond donors (Lipinski definition) is 2. The second-order valence-corrected chi connectivity index (χ2v) is 4.85. The van der Waals surface area contributed by atoms with Gasteiger partial charge in [-0.3, -0.25) is 0 Å². The van der Waals surface area contributed by atoms with Gasteiger partial charge in [-0.15, -0.1) is 0 Å². The summed E-state index contributed by atoms with van der Waals surface area (Å²) in [6.45, 7) is 3.19. The van der Waals surface area contributed by atoms with Crippen LogP contribution in [0.2, 0.25) is 0 Å². The molecule has 5 heteroatoms. The maximum Gasteiger partial charge on any atom is 0.239 e. The van der Waals surface area contributed by atoms with E-state index in [1.807, 2.05) is 19.1 Å². The van der Waals surface area contributed by atoms with E-state index < -0.39 is 0 Å². The Morgan fingerprint density at radius 1 is 1.42 bits per heavy atom. The third-order valence-corrected chi connectivity index (χ3v) is 3.56. The van der Waals surface area contributed by atoms with E-state index in [4.69, 9.17) is 10.5 Å². The molecule has 19 heavy (non-hydrogen) atoms. The molecule has 0 saturated heterocycles. The molecule has 1 saturated carbocycles. The highest BCUT2D eigenvalue weighted by atomic mass is 16.5. The van der Waals surface area contributed by atoms with Gasteiger partial charge in [0.05, 0.1) is 18.9 Å². The minimum Gasteiger partial charge on any atom is -0.476 e. The van der Waals surface area contributed by atoms with Crippen LogP contribution in [0.5, 0.6) is 5.88 Å². The summed E-state index contributed by atoms with van der Waals surface area (Å²) >= 11 is 0. The van der Waals surface area contributed by atoms with Crippen LogP contribution in [0, 0.1) is 0 Å². The molecule has 0 radical (unpaired) electrons. The Balaban J connectivity index is 2.22. The number of pyridine rings is 1. The number of nitrogens with two attached hydrogens (primary N) is 1. The van der Waals surface area contributed by atoms with E-state index in [0.717, 1.165) is 18.7 Å². The Morgan fingerprint density at radius 3 is 2.79 bits per heavy atom. The fourth-order valence-electron chi connectivity index (χ4n) is 2.66. The first-order valence-electron chi connectivity index (χ1n) is 7.03. The number of hydrogen-bond acceptors (Lipinski definition) is 5. The highest BCUT2D eigenvalue weighted by molar-refractivity contribution is 5.55. The van der Waals surface area contributed by atoms with Crippen LogP contribution in [0.25, 0.3) is 0 Å². The zero-order valence-corrected chi connectivity index (χ0v) is 11.5. The quantitative estimate of drug-likeness (QED) is 0.820. The lowest BCUT2D eigenvalue weighted by molar-refractivity contribution is 0.296. The van der Waals surface area contributed by atoms with Crippen LogP contribution in [0.1, 0.15) is 32.6 Å². The molecule has 0 unspecified atom stereocenters. The number of rotatable bonds is 6. The molecule has 3 N–H and O–H groups in total. The van der Waals surface area contributed by atoms with Crippen molar-refractivity contribution in [3.8, 4) is 5.88 Å². The molecular weight excluding hydrogens is 242 g/mol. The van der Waals surface area contributed by atoms with Gasteiger partial charge in [0.2, 0.25) is 5.88 Å². The smallest absolute Gasteiger partial charge is 0.239 e. The summed E-state index contributed by atoms with van der Waals surface area (Å²) in [5, 5.41) is 9.26. The van der Waals surface area contributed by atoms with Gasteiger partial charge in [-0.2, -0.15) is 4.98 Å². The normalized spacial score (nSPS) is 15.7. The SMILES string of the molecule is CCOc1nc(N(CCO)C2CCCC2)ccc1N. The molecule has 0 aliphatic heterocycles. The Morgan fingerprint density at radius 2 is 2.16 bits per heavy atom. The number of anilines is 2. The van der Waals surface area contributed by atoms with Crippen molar-refractivity contribution in [1.29, 1.82) is 0 Å². The third-order valence-electron chi connectivity index (χ3n) is 3.56. The molecule has 106 valence electrons. The van der Waals surface area contributed by atoms with Crippen LogP contribution in [-0.4, -0.2) is 35.9 Å². The van der Waals surface area contributed by atoms with Gasteiger partial charge < -0.3 is 20.5 Å². The van der Waals surface area contributed by atoms with Crippen LogP contribution >= 0.6 is 0 Å². The Labute approximate surface area is 114 Å². The van der Waals surface area contributed by atoms with Crippen LogP contribution in [0.15, 0.2) is 12.1 Å². The van der Waals surface area contributed by atoms with Crippen molar-refractivity contribution in [3.63, 3.8) is 0 Å². The molecule has 0 atom stereocenters. The number of aliphatic hydroxyl groups is 1. The number of nitrogens with zero attached hydrogens (tertiary/aromatic N) is 2. The first-order valence-corrected chi connectivity index (χ1v) is 7.03. The van der Waals surface area contributed by atoms with E-state index in [2.05, 4.69) is 9.88 Å². The van der Waals surface area contributed by atoms with Crippen LogP contribution in [0.4, 0.5) is 11.5 Å². The molecule has 1 aliphatic carbocycles. The fraction of sp³-hybridized carbons (Fsp3) is 0.643. The summed E-state index contributed by atoms with van der Waals surface area (Å²) in [7, 11) is 0. The van der Waals surface area contributed by atoms with Crippen molar-refractivity contribution in [2.45, 2.75) is 38.6 Å². The lowest BCUT2D eigenvalue weighted by Gasteiger charge is -2.29. The standard InChI is InChI=1S/C14H23N3O2/c1-2-19-14-12(15)7-8-13(16-14)17(9-10-18)11-5-3-4-6-11/h7-8,11,18H,2-6,9-10,15H2,1H3. The molecule has 1 aromatic rings. The van der Waals surface area contributed by atoms with Crippen LogP contribution in [0.3, 0.4) is 0 Å². The molecule has 0 spiro atoms. The van der Waals surface area contributed by atoms with Gasteiger partial charge in [-0.25, -0.2) is 0 Å². The summed E-state index contributed by atoms with van der Waals surface area (Å²) in [4.78, 5) is 6.67. The minimum atomic E-state index is 0.131. The van der Waals surface area contributed by atoms with Crippen molar-refractivity contribution < 1.29 is 9.84 Å². The monoisotopic (exact) mass is 265 g/mol. The highest BCUT2D eigenvalue weighted by Crippen LogP contribution is 2.29. The van der Waals surface area contributed by atoms with E-state index in [0.29, 0.717) is 30.8 Å². The molecule has 0 bridgehead atoms. The maximum absolute atomic E-state index is 9.26. The second kappa shape index (κ2) is 6.61. The minimum absolute atomic E-state index is 0.131. The van der Waals surface area contributed by atoms with Crippen molar-refractivity contribution in [3.05, 3.63) is 12.1 Å². The molecular formula is C14H23N3O2. The van der Waals surface area contributed by atoms with E-state index in [-0.39, 0.29) is 6.61 Å². The lowest BCUT2D eigenvalue weighted by atomic mass is 10.2. The van der Waals surface area contributed by atoms with Gasteiger partial charge >= 0.3 is 0 Å². The van der Waals surface area contributed by atoms with Gasteiger partial charge in [-0.1, -0.05) is 12.8 Å². The third kappa shape index (κ3) is 3.29. The lowest BCUT2D eigenvalue weighted by Crippen LogP contribution is -2.36. The largest absolute Gasteiger partial charge is 0.476 e. The number of aliphatic hydroxyl groups excluding tert-OH is 1. The van der Waals surface area contributed by atoms with E-state index in [1.54, 1.807) is 0 Å². The molecule has 1 fully saturated rings. The predicted molar refractivity (Wildman–Crippen MR) is 76.5 cm³/mol. The molecule has 1 aliphatic rings. The van der Waals surface area contributed by atoms with Crippen molar-refractivity contribution in [2.24, 2.45) is 0 Å². The molecule has 2 rings (SSSR count). The Bertz CT molecular complexity index is 406. The number of aromatic nitrogens is 1. The van der Waals surface area contributed by atoms with E-state index in [1.165, 1.54) is 12.8 Å². The van der Waals surface area contributed by atoms with Crippen molar-refractivity contribution >= 4 is 11.5 Å². The van der Waals surface area contributed by atoms with E-state index in [9.17, 15) is 5.11 Å². The maximum atomic E-state index is 9.26. The molecule has 1 aromatic heterocycles. The molecule has 0 amide bonds. The summed E-state index contributed by atoms with van der Waals surface area (Å²) in [6, 6.07) is 4.20. The summed E-state index contributed by atoms with van der Waals surface area (Å²) in [6.07, 6.45) is 4.83. The Kier molecular flexibility index (Phi) is 4.85. The topological polar surface area (TPSA) is 71.6 Å². The van der Waals surface area contributed by atoms with E-state index >= 15 is 0 Å². The summed E-state index contributed by atoms with van der Waals surface area (Å²) < 4.78 is 5.44. The zero-order valence-electron chi connectivity index (χ0n) is 11.5. The first kappa shape index (κ1) is 13.9. The molecule has 0 aromatic carbocycles. The predicted octanol–water partition coefficient (Wildman–Crippen LogP) is 1.80. The zero-order chi connectivity index (χ0) is 13.7.